The van der Waals surface area contributed by atoms with Crippen LogP contribution in [0.15, 0.2) is 30.5 Å². The lowest BCUT2D eigenvalue weighted by molar-refractivity contribution is -0.133. The molecule has 2 aromatic rings. The third-order valence-corrected chi connectivity index (χ3v) is 4.44. The summed E-state index contributed by atoms with van der Waals surface area (Å²) in [5.74, 6) is 0.0379. The third kappa shape index (κ3) is 3.48. The van der Waals surface area contributed by atoms with E-state index >= 15 is 0 Å². The van der Waals surface area contributed by atoms with Crippen LogP contribution in [0.5, 0.6) is 0 Å². The number of rotatable bonds is 3. The molecule has 0 bridgehead atoms. The Hall–Kier alpha value is -2.21. The van der Waals surface area contributed by atoms with Crippen LogP contribution in [0.4, 0.5) is 4.79 Å². The highest BCUT2D eigenvalue weighted by Gasteiger charge is 2.24. The molecule has 2 amide bonds. The van der Waals surface area contributed by atoms with Gasteiger partial charge in [-0.2, -0.15) is 0 Å². The fourth-order valence-electron chi connectivity index (χ4n) is 2.89. The van der Waals surface area contributed by atoms with Crippen molar-refractivity contribution in [3.05, 3.63) is 35.5 Å². The maximum atomic E-state index is 12.5. The van der Waals surface area contributed by atoms with Crippen molar-refractivity contribution in [1.82, 2.24) is 14.4 Å². The van der Waals surface area contributed by atoms with Gasteiger partial charge in [-0.05, 0) is 30.5 Å². The van der Waals surface area contributed by atoms with Crippen LogP contribution in [0.3, 0.4) is 0 Å². The van der Waals surface area contributed by atoms with Gasteiger partial charge in [0.1, 0.15) is 6.54 Å². The molecule has 1 aromatic heterocycles. The number of nitrogens with zero attached hydrogens (tertiary/aromatic N) is 3. The van der Waals surface area contributed by atoms with E-state index in [9.17, 15) is 9.59 Å². The third-order valence-electron chi connectivity index (χ3n) is 4.20. The Balaban J connectivity index is 1.61. The Morgan fingerprint density at radius 3 is 2.54 bits per heavy atom. The normalized spacial score (nSPS) is 14.9. The molecule has 1 aliphatic heterocycles. The van der Waals surface area contributed by atoms with Crippen LogP contribution in [0.2, 0.25) is 5.02 Å². The van der Waals surface area contributed by atoms with Crippen molar-refractivity contribution in [3.63, 3.8) is 0 Å². The molecule has 6 nitrogen and oxygen atoms in total. The zero-order chi connectivity index (χ0) is 17.1. The number of hydrogen-bond donors (Lipinski definition) is 0. The van der Waals surface area contributed by atoms with Gasteiger partial charge in [0.15, 0.2) is 0 Å². The molecule has 0 atom stereocenters. The van der Waals surface area contributed by atoms with E-state index in [4.69, 9.17) is 16.3 Å². The molecule has 0 saturated carbocycles. The first kappa shape index (κ1) is 16.6. The van der Waals surface area contributed by atoms with Gasteiger partial charge in [0.05, 0.1) is 6.61 Å². The molecule has 1 fully saturated rings. The minimum absolute atomic E-state index is 0.0379. The number of piperazine rings is 1. The van der Waals surface area contributed by atoms with Crippen molar-refractivity contribution < 1.29 is 14.3 Å². The summed E-state index contributed by atoms with van der Waals surface area (Å²) in [6, 6.07) is 7.61. The molecule has 3 rings (SSSR count). The fourth-order valence-corrected chi connectivity index (χ4v) is 3.06. The Kier molecular flexibility index (Phi) is 4.94. The molecule has 128 valence electrons. The molecule has 24 heavy (non-hydrogen) atoms. The molecule has 0 unspecified atom stereocenters. The highest BCUT2D eigenvalue weighted by atomic mass is 35.5. The van der Waals surface area contributed by atoms with Crippen molar-refractivity contribution in [2.24, 2.45) is 0 Å². The molecule has 1 saturated heterocycles. The fraction of sp³-hybridized carbons (Fsp3) is 0.412. The van der Waals surface area contributed by atoms with Gasteiger partial charge in [-0.25, -0.2) is 4.79 Å². The van der Waals surface area contributed by atoms with E-state index in [0.717, 1.165) is 10.9 Å². The lowest BCUT2D eigenvalue weighted by Gasteiger charge is -2.34. The summed E-state index contributed by atoms with van der Waals surface area (Å²) in [5, 5.41) is 1.71. The first-order chi connectivity index (χ1) is 11.6. The molecule has 2 heterocycles. The number of carbonyl (C=O) groups excluding carboxylic acids is 2. The minimum atomic E-state index is -0.310. The molecule has 0 spiro atoms. The maximum Gasteiger partial charge on any atom is 0.409 e. The first-order valence-electron chi connectivity index (χ1n) is 8.02. The standard InChI is InChI=1S/C17H20ClN3O3/c1-2-24-17(23)20-9-7-19(8-10-20)16(22)12-21-6-5-13-3-4-14(18)11-15(13)21/h3-6,11H,2,7-10,12H2,1H3. The Morgan fingerprint density at radius 1 is 1.12 bits per heavy atom. The summed E-state index contributed by atoms with van der Waals surface area (Å²) in [7, 11) is 0. The predicted molar refractivity (Wildman–Crippen MR) is 92.1 cm³/mol. The van der Waals surface area contributed by atoms with E-state index in [0.29, 0.717) is 37.8 Å². The van der Waals surface area contributed by atoms with E-state index < -0.39 is 0 Å². The highest BCUT2D eigenvalue weighted by molar-refractivity contribution is 6.31. The molecule has 0 N–H and O–H groups in total. The summed E-state index contributed by atoms with van der Waals surface area (Å²) in [6.45, 7) is 4.47. The Labute approximate surface area is 145 Å². The molecule has 0 aliphatic carbocycles. The Morgan fingerprint density at radius 2 is 1.83 bits per heavy atom. The average Bonchev–Trinajstić information content (AvgIpc) is 2.97. The molecule has 7 heteroatoms. The zero-order valence-corrected chi connectivity index (χ0v) is 14.3. The number of amides is 2. The molecule has 0 radical (unpaired) electrons. The van der Waals surface area contributed by atoms with Gasteiger partial charge in [-0.3, -0.25) is 4.79 Å². The Bertz CT molecular complexity index is 751. The summed E-state index contributed by atoms with van der Waals surface area (Å²) >= 11 is 6.05. The highest BCUT2D eigenvalue weighted by Crippen LogP contribution is 2.20. The summed E-state index contributed by atoms with van der Waals surface area (Å²) in [5.41, 5.74) is 0.945. The summed E-state index contributed by atoms with van der Waals surface area (Å²) in [6.07, 6.45) is 1.59. The molecular formula is C17H20ClN3O3. The van der Waals surface area contributed by atoms with Crippen LogP contribution in [-0.4, -0.2) is 59.2 Å². The largest absolute Gasteiger partial charge is 0.450 e. The van der Waals surface area contributed by atoms with Gasteiger partial charge >= 0.3 is 6.09 Å². The van der Waals surface area contributed by atoms with Gasteiger partial charge in [0, 0.05) is 42.9 Å². The molecule has 1 aromatic carbocycles. The van der Waals surface area contributed by atoms with Gasteiger partial charge in [-0.15, -0.1) is 0 Å². The quantitative estimate of drug-likeness (QED) is 0.855. The van der Waals surface area contributed by atoms with Crippen molar-refractivity contribution in [3.8, 4) is 0 Å². The van der Waals surface area contributed by atoms with Crippen LogP contribution in [0, 0.1) is 0 Å². The first-order valence-corrected chi connectivity index (χ1v) is 8.40. The monoisotopic (exact) mass is 349 g/mol. The second kappa shape index (κ2) is 7.13. The van der Waals surface area contributed by atoms with Crippen LogP contribution in [0.25, 0.3) is 10.9 Å². The predicted octanol–water partition coefficient (Wildman–Crippen LogP) is 2.60. The summed E-state index contributed by atoms with van der Waals surface area (Å²) in [4.78, 5) is 27.6. The zero-order valence-electron chi connectivity index (χ0n) is 13.6. The van der Waals surface area contributed by atoms with E-state index in [-0.39, 0.29) is 18.5 Å². The molecule has 1 aliphatic rings. The number of aromatic nitrogens is 1. The number of carbonyl (C=O) groups is 2. The number of halogens is 1. The van der Waals surface area contributed by atoms with Crippen molar-refractivity contribution in [2.45, 2.75) is 13.5 Å². The van der Waals surface area contributed by atoms with Gasteiger partial charge in [0.2, 0.25) is 5.91 Å². The van der Waals surface area contributed by atoms with Crippen molar-refractivity contribution in [2.75, 3.05) is 32.8 Å². The lowest BCUT2D eigenvalue weighted by Crippen LogP contribution is -2.51. The summed E-state index contributed by atoms with van der Waals surface area (Å²) < 4.78 is 6.89. The topological polar surface area (TPSA) is 54.8 Å². The van der Waals surface area contributed by atoms with E-state index in [1.54, 1.807) is 16.7 Å². The van der Waals surface area contributed by atoms with Gasteiger partial charge in [-0.1, -0.05) is 17.7 Å². The smallest absolute Gasteiger partial charge is 0.409 e. The second-order valence-corrected chi connectivity index (χ2v) is 6.15. The number of hydrogen-bond acceptors (Lipinski definition) is 3. The van der Waals surface area contributed by atoms with E-state index in [2.05, 4.69) is 0 Å². The average molecular weight is 350 g/mol. The second-order valence-electron chi connectivity index (χ2n) is 5.71. The number of benzene rings is 1. The van der Waals surface area contributed by atoms with Crippen LogP contribution in [0.1, 0.15) is 6.92 Å². The maximum absolute atomic E-state index is 12.5. The minimum Gasteiger partial charge on any atom is -0.450 e. The van der Waals surface area contributed by atoms with Crippen LogP contribution in [-0.2, 0) is 16.1 Å². The lowest BCUT2D eigenvalue weighted by atomic mass is 10.2. The SMILES string of the molecule is CCOC(=O)N1CCN(C(=O)Cn2ccc3ccc(Cl)cc32)CC1. The van der Waals surface area contributed by atoms with Crippen molar-refractivity contribution >= 4 is 34.5 Å². The van der Waals surface area contributed by atoms with E-state index in [1.165, 1.54) is 0 Å². The molecular weight excluding hydrogens is 330 g/mol. The number of fused-ring (bicyclic) bond motifs is 1. The van der Waals surface area contributed by atoms with Crippen LogP contribution < -0.4 is 0 Å². The van der Waals surface area contributed by atoms with Crippen LogP contribution >= 0.6 is 11.6 Å². The van der Waals surface area contributed by atoms with E-state index in [1.807, 2.05) is 35.0 Å². The van der Waals surface area contributed by atoms with Crippen molar-refractivity contribution in [1.29, 1.82) is 0 Å². The van der Waals surface area contributed by atoms with Gasteiger partial charge < -0.3 is 19.1 Å². The number of ether oxygens (including phenoxy) is 1. The van der Waals surface area contributed by atoms with Gasteiger partial charge in [0.25, 0.3) is 0 Å².